The summed E-state index contributed by atoms with van der Waals surface area (Å²) in [5.41, 5.74) is 1.47. The van der Waals surface area contributed by atoms with E-state index in [1.165, 1.54) is 0 Å². The van der Waals surface area contributed by atoms with Crippen molar-refractivity contribution in [2.24, 2.45) is 0 Å². The number of benzene rings is 1. The number of aromatic carboxylic acids is 1. The topological polar surface area (TPSA) is 63.8 Å². The zero-order valence-electron chi connectivity index (χ0n) is 11.8. The van der Waals surface area contributed by atoms with Crippen LogP contribution >= 0.6 is 11.6 Å². The Labute approximate surface area is 131 Å². The van der Waals surface area contributed by atoms with Crippen molar-refractivity contribution >= 4 is 23.1 Å². The number of nitrogens with zero attached hydrogens (tertiary/aromatic N) is 2. The molecular weight excluding hydrogens is 304 g/mol. The van der Waals surface area contributed by atoms with Gasteiger partial charge in [0.2, 0.25) is 0 Å². The number of carboxylic acids is 1. The van der Waals surface area contributed by atoms with Crippen LogP contribution in [0.2, 0.25) is 5.02 Å². The highest BCUT2D eigenvalue weighted by Crippen LogP contribution is 2.21. The van der Waals surface area contributed by atoms with Crippen LogP contribution in [0, 0.1) is 6.92 Å². The Balaban J connectivity index is 1.98. The molecule has 0 radical (unpaired) electrons. The summed E-state index contributed by atoms with van der Waals surface area (Å²) >= 11 is 5.99. The minimum atomic E-state index is -1.08. The maximum atomic E-state index is 11.3. The van der Waals surface area contributed by atoms with Crippen molar-refractivity contribution < 1.29 is 14.6 Å². The maximum absolute atomic E-state index is 11.3. The lowest BCUT2D eigenvalue weighted by Gasteiger charge is -2.08. The fourth-order valence-corrected chi connectivity index (χ4v) is 2.40. The lowest BCUT2D eigenvalue weighted by atomic mass is 10.2. The van der Waals surface area contributed by atoms with Crippen LogP contribution in [0.4, 0.5) is 0 Å². The van der Waals surface area contributed by atoms with Gasteiger partial charge in [-0.05, 0) is 30.7 Å². The van der Waals surface area contributed by atoms with Crippen molar-refractivity contribution in [2.45, 2.75) is 13.5 Å². The molecule has 1 aromatic carbocycles. The molecule has 112 valence electrons. The molecule has 0 bridgehead atoms. The molecule has 0 atom stereocenters. The van der Waals surface area contributed by atoms with E-state index in [0.717, 1.165) is 11.3 Å². The van der Waals surface area contributed by atoms with E-state index in [1.54, 1.807) is 22.7 Å². The van der Waals surface area contributed by atoms with Crippen LogP contribution < -0.4 is 4.74 Å². The van der Waals surface area contributed by atoms with E-state index in [1.807, 2.05) is 31.2 Å². The number of fused-ring (bicyclic) bond motifs is 1. The highest BCUT2D eigenvalue weighted by molar-refractivity contribution is 6.30. The molecule has 22 heavy (non-hydrogen) atoms. The fraction of sp³-hybridized carbons (Fsp3) is 0.125. The van der Waals surface area contributed by atoms with E-state index in [4.69, 9.17) is 16.3 Å². The predicted molar refractivity (Wildman–Crippen MR) is 82.7 cm³/mol. The summed E-state index contributed by atoms with van der Waals surface area (Å²) in [7, 11) is 0. The van der Waals surface area contributed by atoms with Gasteiger partial charge in [0.1, 0.15) is 12.4 Å². The quantitative estimate of drug-likeness (QED) is 0.799. The molecule has 2 aromatic heterocycles. The van der Waals surface area contributed by atoms with Gasteiger partial charge in [-0.3, -0.25) is 4.40 Å². The first kappa shape index (κ1) is 14.4. The molecule has 0 aliphatic heterocycles. The van der Waals surface area contributed by atoms with Crippen LogP contribution in [0.3, 0.4) is 0 Å². The Morgan fingerprint density at radius 1 is 1.32 bits per heavy atom. The summed E-state index contributed by atoms with van der Waals surface area (Å²) < 4.78 is 7.39. The molecular formula is C16H13ClN2O3. The summed E-state index contributed by atoms with van der Waals surface area (Å²) in [6.07, 6.45) is 1.63. The van der Waals surface area contributed by atoms with Gasteiger partial charge in [0.05, 0.1) is 10.5 Å². The van der Waals surface area contributed by atoms with Gasteiger partial charge in [0, 0.05) is 6.20 Å². The van der Waals surface area contributed by atoms with Gasteiger partial charge >= 0.3 is 5.97 Å². The number of aryl methyl sites for hydroxylation is 1. The van der Waals surface area contributed by atoms with Crippen molar-refractivity contribution in [3.8, 4) is 5.75 Å². The van der Waals surface area contributed by atoms with Gasteiger partial charge in [0.15, 0.2) is 11.5 Å². The Bertz CT molecular complexity index is 858. The largest absolute Gasteiger partial charge is 0.485 e. The van der Waals surface area contributed by atoms with E-state index >= 15 is 0 Å². The fourth-order valence-electron chi connectivity index (χ4n) is 2.24. The van der Waals surface area contributed by atoms with Crippen molar-refractivity contribution in [3.05, 3.63) is 64.7 Å². The zero-order chi connectivity index (χ0) is 15.7. The van der Waals surface area contributed by atoms with Crippen LogP contribution in [0.5, 0.6) is 5.75 Å². The number of carbonyl (C=O) groups is 1. The lowest BCUT2D eigenvalue weighted by molar-refractivity contribution is 0.0693. The predicted octanol–water partition coefficient (Wildman–Crippen LogP) is 3.57. The SMILES string of the molecule is Cc1ccccc1OCc1nc(C(=O)O)c2ccc(Cl)cn12. The average molecular weight is 317 g/mol. The minimum Gasteiger partial charge on any atom is -0.485 e. The number of rotatable bonds is 4. The van der Waals surface area contributed by atoms with Crippen molar-refractivity contribution in [1.29, 1.82) is 0 Å². The smallest absolute Gasteiger partial charge is 0.356 e. The van der Waals surface area contributed by atoms with Gasteiger partial charge in [-0.2, -0.15) is 0 Å². The number of aromatic nitrogens is 2. The van der Waals surface area contributed by atoms with E-state index in [2.05, 4.69) is 4.98 Å². The first-order valence-electron chi connectivity index (χ1n) is 6.64. The first-order chi connectivity index (χ1) is 10.6. The van der Waals surface area contributed by atoms with Crippen LogP contribution in [0.1, 0.15) is 21.9 Å². The summed E-state index contributed by atoms with van der Waals surface area (Å²) in [4.78, 5) is 15.4. The molecule has 0 unspecified atom stereocenters. The molecule has 2 heterocycles. The number of hydrogen-bond acceptors (Lipinski definition) is 3. The van der Waals surface area contributed by atoms with E-state index in [-0.39, 0.29) is 12.3 Å². The minimum absolute atomic E-state index is 0.0138. The molecule has 0 saturated carbocycles. The van der Waals surface area contributed by atoms with Crippen molar-refractivity contribution in [2.75, 3.05) is 0 Å². The number of hydrogen-bond donors (Lipinski definition) is 1. The number of carboxylic acid groups (broad SMARTS) is 1. The average Bonchev–Trinajstić information content (AvgIpc) is 2.84. The number of para-hydroxylation sites is 1. The van der Waals surface area contributed by atoms with Gasteiger partial charge in [0.25, 0.3) is 0 Å². The zero-order valence-corrected chi connectivity index (χ0v) is 12.5. The maximum Gasteiger partial charge on any atom is 0.356 e. The Morgan fingerprint density at radius 3 is 2.82 bits per heavy atom. The Morgan fingerprint density at radius 2 is 2.09 bits per heavy atom. The Hall–Kier alpha value is -2.53. The van der Waals surface area contributed by atoms with Gasteiger partial charge in [-0.1, -0.05) is 29.8 Å². The Kier molecular flexibility index (Phi) is 3.73. The van der Waals surface area contributed by atoms with Crippen molar-refractivity contribution in [1.82, 2.24) is 9.38 Å². The van der Waals surface area contributed by atoms with Crippen LogP contribution in [-0.4, -0.2) is 20.5 Å². The van der Waals surface area contributed by atoms with Crippen molar-refractivity contribution in [3.63, 3.8) is 0 Å². The highest BCUT2D eigenvalue weighted by Gasteiger charge is 2.17. The number of pyridine rings is 1. The van der Waals surface area contributed by atoms with Gasteiger partial charge < -0.3 is 9.84 Å². The molecule has 3 aromatic rings. The highest BCUT2D eigenvalue weighted by atomic mass is 35.5. The summed E-state index contributed by atoms with van der Waals surface area (Å²) in [6, 6.07) is 10.9. The molecule has 0 aliphatic carbocycles. The second-order valence-electron chi connectivity index (χ2n) is 4.84. The first-order valence-corrected chi connectivity index (χ1v) is 7.02. The summed E-state index contributed by atoms with van der Waals surface area (Å²) in [6.45, 7) is 2.10. The third kappa shape index (κ3) is 2.63. The molecule has 0 fully saturated rings. The normalized spacial score (nSPS) is 10.8. The lowest BCUT2D eigenvalue weighted by Crippen LogP contribution is -2.02. The molecule has 0 aliphatic rings. The molecule has 0 amide bonds. The molecule has 5 nitrogen and oxygen atoms in total. The third-order valence-corrected chi connectivity index (χ3v) is 3.55. The van der Waals surface area contributed by atoms with Gasteiger partial charge in [-0.25, -0.2) is 9.78 Å². The third-order valence-electron chi connectivity index (χ3n) is 3.33. The number of ether oxygens (including phenoxy) is 1. The van der Waals surface area contributed by atoms with Crippen LogP contribution in [0.15, 0.2) is 42.6 Å². The van der Waals surface area contributed by atoms with E-state index in [0.29, 0.717) is 16.4 Å². The number of halogens is 1. The summed E-state index contributed by atoms with van der Waals surface area (Å²) in [5, 5.41) is 9.74. The molecule has 6 heteroatoms. The molecule has 3 rings (SSSR count). The van der Waals surface area contributed by atoms with Gasteiger partial charge in [-0.15, -0.1) is 0 Å². The molecule has 0 spiro atoms. The van der Waals surface area contributed by atoms with Crippen LogP contribution in [-0.2, 0) is 6.61 Å². The second-order valence-corrected chi connectivity index (χ2v) is 5.27. The van der Waals surface area contributed by atoms with Crippen LogP contribution in [0.25, 0.3) is 5.52 Å². The standard InChI is InChI=1S/C16H13ClN2O3/c1-10-4-2-3-5-13(10)22-9-14-18-15(16(20)21)12-7-6-11(17)8-19(12)14/h2-8H,9H2,1H3,(H,20,21). The monoisotopic (exact) mass is 316 g/mol. The number of imidazole rings is 1. The molecule has 1 N–H and O–H groups in total. The van der Waals surface area contributed by atoms with E-state index in [9.17, 15) is 9.90 Å². The summed E-state index contributed by atoms with van der Waals surface area (Å²) in [5.74, 6) is 0.137. The second kappa shape index (κ2) is 5.69. The van der Waals surface area contributed by atoms with E-state index < -0.39 is 5.97 Å². The molecule has 0 saturated heterocycles.